The van der Waals surface area contributed by atoms with Gasteiger partial charge in [0.1, 0.15) is 10.4 Å². The van der Waals surface area contributed by atoms with Crippen LogP contribution in [-0.4, -0.2) is 19.9 Å². The van der Waals surface area contributed by atoms with Crippen LogP contribution >= 0.6 is 11.3 Å². The molecule has 9 heteroatoms. The normalized spacial score (nSPS) is 12.2. The summed E-state index contributed by atoms with van der Waals surface area (Å²) in [5.41, 5.74) is 6.25. The highest BCUT2D eigenvalue weighted by atomic mass is 32.1. The Morgan fingerprint density at radius 1 is 1.21 bits per heavy atom. The summed E-state index contributed by atoms with van der Waals surface area (Å²) >= 11 is 0.614. The molecule has 0 aliphatic rings. The maximum Gasteiger partial charge on any atom is 0.425 e. The Bertz CT molecular complexity index is 745. The maximum absolute atomic E-state index is 12.5. The van der Waals surface area contributed by atoms with E-state index < -0.39 is 11.1 Å². The molecule has 0 aliphatic heterocycles. The number of nitrogens with two attached hydrogens (primary N) is 1. The van der Waals surface area contributed by atoms with E-state index in [9.17, 15) is 13.2 Å². The number of hydrogen-bond acceptors (Lipinski definition) is 5. The Balaban J connectivity index is 2.07. The highest BCUT2D eigenvalue weighted by Gasteiger charge is 2.32. The number of thiophene rings is 1. The summed E-state index contributed by atoms with van der Waals surface area (Å²) in [6, 6.07) is 2.38. The van der Waals surface area contributed by atoms with Gasteiger partial charge in [0.2, 0.25) is 5.95 Å². The summed E-state index contributed by atoms with van der Waals surface area (Å²) in [4.78, 5) is 14.3. The number of aromatic nitrogens is 4. The van der Waals surface area contributed by atoms with Crippen molar-refractivity contribution in [1.29, 1.82) is 0 Å². The number of fused-ring (bicyclic) bond motifs is 1. The van der Waals surface area contributed by atoms with Crippen LogP contribution in [0.25, 0.3) is 21.9 Å². The number of rotatable bonds is 1. The van der Waals surface area contributed by atoms with Crippen LogP contribution in [0.1, 0.15) is 4.88 Å². The highest BCUT2D eigenvalue weighted by Crippen LogP contribution is 2.37. The minimum Gasteiger partial charge on any atom is -0.368 e. The predicted octanol–water partition coefficient (Wildman–Crippen LogP) is 2.68. The van der Waals surface area contributed by atoms with Gasteiger partial charge in [-0.2, -0.15) is 18.2 Å². The average Bonchev–Trinajstić information content (AvgIpc) is 2.92. The molecule has 0 aromatic carbocycles. The lowest BCUT2D eigenvalue weighted by molar-refractivity contribution is -0.134. The second-order valence-corrected chi connectivity index (χ2v) is 4.80. The van der Waals surface area contributed by atoms with Crippen LogP contribution < -0.4 is 5.73 Å². The topological polar surface area (TPSA) is 80.5 Å². The third-order valence-corrected chi connectivity index (χ3v) is 3.51. The molecule has 3 heterocycles. The van der Waals surface area contributed by atoms with Gasteiger partial charge in [0, 0.05) is 0 Å². The smallest absolute Gasteiger partial charge is 0.368 e. The number of nitrogens with zero attached hydrogens (tertiary/aromatic N) is 3. The number of nitrogen functional groups attached to an aromatic ring is 1. The fraction of sp³-hybridized carbons (Fsp3) is 0.100. The molecule has 19 heavy (non-hydrogen) atoms. The Kier molecular flexibility index (Phi) is 2.45. The molecule has 3 aromatic rings. The SMILES string of the molecule is Nc1ncc2[nH]c(-c3ccc(C(F)(F)F)s3)nc2n1. The van der Waals surface area contributed by atoms with Crippen LogP contribution in [0.5, 0.6) is 0 Å². The van der Waals surface area contributed by atoms with Crippen molar-refractivity contribution in [2.75, 3.05) is 5.73 Å². The van der Waals surface area contributed by atoms with E-state index in [-0.39, 0.29) is 5.95 Å². The third kappa shape index (κ3) is 2.12. The summed E-state index contributed by atoms with van der Waals surface area (Å²) in [5, 5.41) is 0. The molecule has 0 saturated carbocycles. The molecule has 0 fully saturated rings. The Morgan fingerprint density at radius 2 is 2.00 bits per heavy atom. The lowest BCUT2D eigenvalue weighted by Gasteiger charge is -2.00. The first-order valence-electron chi connectivity index (χ1n) is 5.09. The van der Waals surface area contributed by atoms with E-state index in [0.29, 0.717) is 33.2 Å². The van der Waals surface area contributed by atoms with Crippen molar-refractivity contribution >= 4 is 28.4 Å². The second kappa shape index (κ2) is 3.92. The quantitative estimate of drug-likeness (QED) is 0.720. The van der Waals surface area contributed by atoms with E-state index in [4.69, 9.17) is 5.73 Å². The third-order valence-electron chi connectivity index (χ3n) is 2.38. The number of aromatic amines is 1. The molecule has 3 rings (SSSR count). The van der Waals surface area contributed by atoms with E-state index >= 15 is 0 Å². The Labute approximate surface area is 108 Å². The van der Waals surface area contributed by atoms with Gasteiger partial charge in [-0.15, -0.1) is 11.3 Å². The maximum atomic E-state index is 12.5. The summed E-state index contributed by atoms with van der Waals surface area (Å²) in [7, 11) is 0. The molecule has 98 valence electrons. The van der Waals surface area contributed by atoms with Crippen molar-refractivity contribution in [3.05, 3.63) is 23.2 Å². The van der Waals surface area contributed by atoms with Gasteiger partial charge in [-0.25, -0.2) is 9.97 Å². The summed E-state index contributed by atoms with van der Waals surface area (Å²) in [6.45, 7) is 0. The van der Waals surface area contributed by atoms with Gasteiger partial charge in [-0.05, 0) is 12.1 Å². The van der Waals surface area contributed by atoms with Crippen LogP contribution in [0.4, 0.5) is 19.1 Å². The molecule has 3 aromatic heterocycles. The summed E-state index contributed by atoms with van der Waals surface area (Å²) in [6.07, 6.45) is -2.91. The molecule has 0 aliphatic carbocycles. The molecule has 0 saturated heterocycles. The number of imidazole rings is 1. The van der Waals surface area contributed by atoms with Crippen molar-refractivity contribution in [1.82, 2.24) is 19.9 Å². The number of nitrogens with one attached hydrogen (secondary N) is 1. The van der Waals surface area contributed by atoms with Crippen LogP contribution in [0, 0.1) is 0 Å². The van der Waals surface area contributed by atoms with Crippen molar-refractivity contribution < 1.29 is 13.2 Å². The molecular formula is C10H6F3N5S. The monoisotopic (exact) mass is 285 g/mol. The fourth-order valence-corrected chi connectivity index (χ4v) is 2.37. The van der Waals surface area contributed by atoms with Gasteiger partial charge in [0.25, 0.3) is 0 Å². The van der Waals surface area contributed by atoms with Gasteiger partial charge in [-0.3, -0.25) is 0 Å². The number of alkyl halides is 3. The lowest BCUT2D eigenvalue weighted by atomic mass is 10.4. The minimum absolute atomic E-state index is 0.0627. The van der Waals surface area contributed by atoms with Gasteiger partial charge in [0.15, 0.2) is 11.5 Å². The van der Waals surface area contributed by atoms with E-state index in [2.05, 4.69) is 19.9 Å². The van der Waals surface area contributed by atoms with Crippen molar-refractivity contribution in [2.24, 2.45) is 0 Å². The van der Waals surface area contributed by atoms with Crippen LogP contribution in [0.3, 0.4) is 0 Å². The lowest BCUT2D eigenvalue weighted by Crippen LogP contribution is -2.00. The molecule has 0 radical (unpaired) electrons. The zero-order chi connectivity index (χ0) is 13.6. The van der Waals surface area contributed by atoms with E-state index in [1.165, 1.54) is 12.3 Å². The van der Waals surface area contributed by atoms with Crippen LogP contribution in [0.15, 0.2) is 18.3 Å². The highest BCUT2D eigenvalue weighted by molar-refractivity contribution is 7.15. The largest absolute Gasteiger partial charge is 0.425 e. The number of halogens is 3. The molecule has 0 bridgehead atoms. The van der Waals surface area contributed by atoms with Crippen molar-refractivity contribution in [3.63, 3.8) is 0 Å². The molecule has 5 nitrogen and oxygen atoms in total. The molecular weight excluding hydrogens is 279 g/mol. The van der Waals surface area contributed by atoms with Crippen LogP contribution in [-0.2, 0) is 6.18 Å². The van der Waals surface area contributed by atoms with Crippen molar-refractivity contribution in [3.8, 4) is 10.7 Å². The summed E-state index contributed by atoms with van der Waals surface area (Å²) < 4.78 is 37.5. The first-order chi connectivity index (χ1) is 8.93. The first kappa shape index (κ1) is 11.9. The molecule has 0 spiro atoms. The number of H-pyrrole nitrogens is 1. The Hall–Kier alpha value is -2.16. The standard InChI is InChI=1S/C10H6F3N5S/c11-10(12,13)6-2-1-5(19-6)8-16-4-3-15-9(14)18-7(4)17-8/h1-3H,(H3,14,15,16,17,18). The number of anilines is 1. The van der Waals surface area contributed by atoms with Gasteiger partial charge in [0.05, 0.1) is 11.1 Å². The zero-order valence-electron chi connectivity index (χ0n) is 9.19. The van der Waals surface area contributed by atoms with E-state index in [1.54, 1.807) is 0 Å². The first-order valence-corrected chi connectivity index (χ1v) is 5.91. The molecule has 0 amide bonds. The van der Waals surface area contributed by atoms with Crippen LogP contribution in [0.2, 0.25) is 0 Å². The predicted molar refractivity (Wildman–Crippen MR) is 64.4 cm³/mol. The average molecular weight is 285 g/mol. The van der Waals surface area contributed by atoms with Gasteiger partial charge in [-0.1, -0.05) is 0 Å². The van der Waals surface area contributed by atoms with E-state index in [1.807, 2.05) is 0 Å². The minimum atomic E-state index is -4.35. The van der Waals surface area contributed by atoms with Gasteiger partial charge >= 0.3 is 6.18 Å². The molecule has 0 atom stereocenters. The molecule has 0 unspecified atom stereocenters. The number of hydrogen-bond donors (Lipinski definition) is 2. The van der Waals surface area contributed by atoms with E-state index in [0.717, 1.165) is 6.07 Å². The zero-order valence-corrected chi connectivity index (χ0v) is 10.0. The second-order valence-electron chi connectivity index (χ2n) is 3.71. The summed E-state index contributed by atoms with van der Waals surface area (Å²) in [5.74, 6) is 0.378. The molecule has 3 N–H and O–H groups in total. The Morgan fingerprint density at radius 3 is 2.68 bits per heavy atom. The fourth-order valence-electron chi connectivity index (χ4n) is 1.56. The van der Waals surface area contributed by atoms with Crippen molar-refractivity contribution in [2.45, 2.75) is 6.18 Å². The van der Waals surface area contributed by atoms with Gasteiger partial charge < -0.3 is 10.7 Å².